The van der Waals surface area contributed by atoms with Crippen molar-refractivity contribution in [3.8, 4) is 22.1 Å². The van der Waals surface area contributed by atoms with Gasteiger partial charge in [-0.3, -0.25) is 0 Å². The van der Waals surface area contributed by atoms with Gasteiger partial charge >= 0.3 is 0 Å². The van der Waals surface area contributed by atoms with Gasteiger partial charge in [-0.15, -0.1) is 10.2 Å². The Balaban J connectivity index is 1.98. The summed E-state index contributed by atoms with van der Waals surface area (Å²) in [5.41, 5.74) is 0.898. The monoisotopic (exact) mass is 350 g/mol. The maximum atomic E-state index is 5.50. The van der Waals surface area contributed by atoms with Crippen LogP contribution in [-0.4, -0.2) is 39.8 Å². The van der Waals surface area contributed by atoms with Gasteiger partial charge < -0.3 is 9.47 Å². The number of fused-ring (bicyclic) bond motifs is 1. The molecule has 0 unspecified atom stereocenters. The van der Waals surface area contributed by atoms with E-state index in [1.54, 1.807) is 14.2 Å². The van der Waals surface area contributed by atoms with Gasteiger partial charge in [-0.25, -0.2) is 0 Å². The maximum absolute atomic E-state index is 5.50. The van der Waals surface area contributed by atoms with Crippen LogP contribution in [0.1, 0.15) is 19.2 Å². The number of hydrogen-bond acceptors (Lipinski definition) is 7. The van der Waals surface area contributed by atoms with Crippen LogP contribution in [0.25, 0.3) is 15.5 Å². The van der Waals surface area contributed by atoms with Gasteiger partial charge in [-0.1, -0.05) is 24.3 Å². The topological polar surface area (TPSA) is 61.5 Å². The van der Waals surface area contributed by atoms with Crippen molar-refractivity contribution in [2.75, 3.05) is 20.0 Å². The van der Waals surface area contributed by atoms with E-state index in [2.05, 4.69) is 22.2 Å². The van der Waals surface area contributed by atoms with Gasteiger partial charge in [0.05, 0.1) is 25.5 Å². The van der Waals surface area contributed by atoms with Crippen LogP contribution in [-0.2, 0) is 5.75 Å². The van der Waals surface area contributed by atoms with Gasteiger partial charge in [0.1, 0.15) is 0 Å². The molecule has 0 saturated carbocycles. The van der Waals surface area contributed by atoms with E-state index in [9.17, 15) is 0 Å². The molecule has 8 heteroatoms. The van der Waals surface area contributed by atoms with Crippen molar-refractivity contribution in [3.05, 3.63) is 24.0 Å². The Labute approximate surface area is 142 Å². The van der Waals surface area contributed by atoms with Crippen LogP contribution < -0.4 is 9.47 Å². The zero-order chi connectivity index (χ0) is 16.2. The SMILES string of the molecule is CCCSCc1nnc2sc(-c3cccc(OC)c3OC)nn12. The highest BCUT2D eigenvalue weighted by Crippen LogP contribution is 2.39. The molecular formula is C15H18N4O2S2. The van der Waals surface area contributed by atoms with Gasteiger partial charge in [0.15, 0.2) is 22.3 Å². The van der Waals surface area contributed by atoms with Crippen molar-refractivity contribution >= 4 is 28.1 Å². The highest BCUT2D eigenvalue weighted by Gasteiger charge is 2.18. The number of aromatic nitrogens is 4. The highest BCUT2D eigenvalue weighted by atomic mass is 32.2. The van der Waals surface area contributed by atoms with E-state index < -0.39 is 0 Å². The minimum absolute atomic E-state index is 0.682. The predicted octanol–water partition coefficient (Wildman–Crippen LogP) is 3.51. The second-order valence-electron chi connectivity index (χ2n) is 4.81. The molecule has 0 bridgehead atoms. The number of ether oxygens (including phenoxy) is 2. The Bertz CT molecular complexity index is 800. The van der Waals surface area contributed by atoms with Crippen LogP contribution in [0.3, 0.4) is 0 Å². The summed E-state index contributed by atoms with van der Waals surface area (Å²) in [5, 5.41) is 14.0. The molecule has 1 aromatic carbocycles. The van der Waals surface area contributed by atoms with Crippen molar-refractivity contribution in [2.45, 2.75) is 19.1 Å². The van der Waals surface area contributed by atoms with Crippen molar-refractivity contribution in [1.29, 1.82) is 0 Å². The van der Waals surface area contributed by atoms with E-state index in [0.717, 1.165) is 39.3 Å². The van der Waals surface area contributed by atoms with Crippen molar-refractivity contribution in [2.24, 2.45) is 0 Å². The number of methoxy groups -OCH3 is 2. The number of benzene rings is 1. The summed E-state index contributed by atoms with van der Waals surface area (Å²) in [6, 6.07) is 5.77. The Morgan fingerprint density at radius 3 is 2.83 bits per heavy atom. The van der Waals surface area contributed by atoms with E-state index >= 15 is 0 Å². The second-order valence-corrected chi connectivity index (χ2v) is 6.87. The number of rotatable bonds is 7. The molecule has 2 heterocycles. The molecule has 23 heavy (non-hydrogen) atoms. The summed E-state index contributed by atoms with van der Waals surface area (Å²) >= 11 is 3.33. The van der Waals surface area contributed by atoms with Gasteiger partial charge in [0.25, 0.3) is 0 Å². The molecule has 3 aromatic rings. The van der Waals surface area contributed by atoms with Crippen LogP contribution in [0.15, 0.2) is 18.2 Å². The number of hydrogen-bond donors (Lipinski definition) is 0. The summed E-state index contributed by atoms with van der Waals surface area (Å²) in [6.07, 6.45) is 1.15. The minimum atomic E-state index is 0.682. The lowest BCUT2D eigenvalue weighted by Crippen LogP contribution is -1.96. The molecule has 6 nitrogen and oxygen atoms in total. The van der Waals surface area contributed by atoms with E-state index in [-0.39, 0.29) is 0 Å². The average Bonchev–Trinajstić information content (AvgIpc) is 3.15. The summed E-state index contributed by atoms with van der Waals surface area (Å²) in [7, 11) is 3.26. The first-order valence-corrected chi connectivity index (χ1v) is 9.25. The van der Waals surface area contributed by atoms with E-state index in [1.807, 2.05) is 34.5 Å². The first-order chi connectivity index (χ1) is 11.3. The maximum Gasteiger partial charge on any atom is 0.235 e. The fraction of sp³-hybridized carbons (Fsp3) is 0.400. The average molecular weight is 350 g/mol. The van der Waals surface area contributed by atoms with E-state index in [4.69, 9.17) is 9.47 Å². The molecule has 0 radical (unpaired) electrons. The molecule has 0 fully saturated rings. The predicted molar refractivity (Wildman–Crippen MR) is 93.7 cm³/mol. The summed E-state index contributed by atoms with van der Waals surface area (Å²) in [5.74, 6) is 4.17. The van der Waals surface area contributed by atoms with Crippen LogP contribution in [0, 0.1) is 0 Å². The smallest absolute Gasteiger partial charge is 0.235 e. The molecule has 0 saturated heterocycles. The minimum Gasteiger partial charge on any atom is -0.493 e. The summed E-state index contributed by atoms with van der Waals surface area (Å²) in [6.45, 7) is 2.17. The Morgan fingerprint density at radius 1 is 1.22 bits per heavy atom. The molecule has 122 valence electrons. The van der Waals surface area contributed by atoms with Crippen LogP contribution >= 0.6 is 23.1 Å². The largest absolute Gasteiger partial charge is 0.493 e. The standard InChI is InChI=1S/C15H18N4O2S2/c1-4-8-22-9-12-16-17-15-19(12)18-14(23-15)10-6-5-7-11(20-2)13(10)21-3/h5-7H,4,8-9H2,1-3H3. The number of para-hydroxylation sites is 1. The second kappa shape index (κ2) is 7.18. The van der Waals surface area contributed by atoms with Gasteiger partial charge in [0.2, 0.25) is 4.96 Å². The Morgan fingerprint density at radius 2 is 2.09 bits per heavy atom. The highest BCUT2D eigenvalue weighted by molar-refractivity contribution is 7.98. The zero-order valence-electron chi connectivity index (χ0n) is 13.3. The molecule has 0 aliphatic carbocycles. The Hall–Kier alpha value is -1.80. The Kier molecular flexibility index (Phi) is 5.02. The summed E-state index contributed by atoms with van der Waals surface area (Å²) in [4.78, 5) is 0.789. The molecule has 0 N–H and O–H groups in total. The number of thioether (sulfide) groups is 1. The molecule has 0 aliphatic heterocycles. The molecule has 2 aromatic heterocycles. The molecule has 0 spiro atoms. The normalized spacial score (nSPS) is 11.1. The first-order valence-electron chi connectivity index (χ1n) is 7.28. The van der Waals surface area contributed by atoms with E-state index in [0.29, 0.717) is 11.5 Å². The molecule has 0 amide bonds. The first kappa shape index (κ1) is 16.1. The van der Waals surface area contributed by atoms with Gasteiger partial charge in [-0.05, 0) is 24.3 Å². The number of nitrogens with zero attached hydrogens (tertiary/aromatic N) is 4. The van der Waals surface area contributed by atoms with Crippen LogP contribution in [0.5, 0.6) is 11.5 Å². The lowest BCUT2D eigenvalue weighted by molar-refractivity contribution is 0.356. The molecule has 0 aliphatic rings. The van der Waals surface area contributed by atoms with Crippen LogP contribution in [0.2, 0.25) is 0 Å². The van der Waals surface area contributed by atoms with Gasteiger partial charge in [0, 0.05) is 0 Å². The summed E-state index contributed by atoms with van der Waals surface area (Å²) < 4.78 is 12.7. The lowest BCUT2D eigenvalue weighted by Gasteiger charge is -2.10. The molecular weight excluding hydrogens is 332 g/mol. The fourth-order valence-corrected chi connectivity index (χ4v) is 3.90. The van der Waals surface area contributed by atoms with Crippen molar-refractivity contribution < 1.29 is 9.47 Å². The quantitative estimate of drug-likeness (QED) is 0.608. The molecule has 0 atom stereocenters. The van der Waals surface area contributed by atoms with E-state index in [1.165, 1.54) is 11.3 Å². The van der Waals surface area contributed by atoms with Crippen molar-refractivity contribution in [3.63, 3.8) is 0 Å². The third-order valence-corrected chi connectivity index (χ3v) is 5.36. The van der Waals surface area contributed by atoms with Crippen LogP contribution in [0.4, 0.5) is 0 Å². The lowest BCUT2D eigenvalue weighted by atomic mass is 10.2. The third kappa shape index (κ3) is 3.13. The van der Waals surface area contributed by atoms with Crippen molar-refractivity contribution in [1.82, 2.24) is 19.8 Å². The zero-order valence-corrected chi connectivity index (χ0v) is 14.9. The third-order valence-electron chi connectivity index (χ3n) is 3.27. The molecule has 3 rings (SSSR count). The van der Waals surface area contributed by atoms with Gasteiger partial charge in [-0.2, -0.15) is 21.4 Å². The fourth-order valence-electron chi connectivity index (χ4n) is 2.22.